The predicted molar refractivity (Wildman–Crippen MR) is 71.7 cm³/mol. The number of carbonyl (C=O) groups excluding carboxylic acids is 1. The molecule has 0 heterocycles. The van der Waals surface area contributed by atoms with Crippen molar-refractivity contribution in [1.29, 1.82) is 0 Å². The van der Waals surface area contributed by atoms with E-state index in [-0.39, 0.29) is 5.78 Å². The molecule has 16 heavy (non-hydrogen) atoms. The quantitative estimate of drug-likeness (QED) is 0.354. The van der Waals surface area contributed by atoms with E-state index >= 15 is 0 Å². The van der Waals surface area contributed by atoms with E-state index in [2.05, 4.69) is 13.5 Å². The van der Waals surface area contributed by atoms with Crippen LogP contribution in [0.1, 0.15) is 78.1 Å². The summed E-state index contributed by atoms with van der Waals surface area (Å²) in [5.41, 5.74) is 1.25. The normalized spacial score (nSPS) is 10.4. The van der Waals surface area contributed by atoms with E-state index in [9.17, 15) is 4.79 Å². The van der Waals surface area contributed by atoms with Crippen molar-refractivity contribution in [3.8, 4) is 0 Å². The number of carbonyl (C=O) groups is 1. The van der Waals surface area contributed by atoms with Gasteiger partial charge in [-0.3, -0.25) is 0 Å². The minimum atomic E-state index is 0.278. The Morgan fingerprint density at radius 2 is 1.44 bits per heavy atom. The molecule has 0 spiro atoms. The first-order valence-electron chi connectivity index (χ1n) is 6.83. The van der Waals surface area contributed by atoms with Crippen LogP contribution in [0, 0.1) is 0 Å². The summed E-state index contributed by atoms with van der Waals surface area (Å²) >= 11 is 0. The van der Waals surface area contributed by atoms with Crippen molar-refractivity contribution in [2.24, 2.45) is 0 Å². The molecule has 0 atom stereocenters. The van der Waals surface area contributed by atoms with Crippen molar-refractivity contribution in [3.63, 3.8) is 0 Å². The summed E-state index contributed by atoms with van der Waals surface area (Å²) in [6.45, 7) is 7.92. The maximum atomic E-state index is 10.8. The van der Waals surface area contributed by atoms with Crippen LogP contribution >= 0.6 is 0 Å². The van der Waals surface area contributed by atoms with Crippen LogP contribution in [0.5, 0.6) is 0 Å². The molecule has 94 valence electrons. The molecule has 0 aromatic heterocycles. The average Bonchev–Trinajstić information content (AvgIpc) is 2.25. The highest BCUT2D eigenvalue weighted by atomic mass is 16.1. The lowest BCUT2D eigenvalue weighted by Gasteiger charge is -2.04. The third kappa shape index (κ3) is 11.5. The van der Waals surface area contributed by atoms with Crippen LogP contribution in [0.25, 0.3) is 0 Å². The Labute approximate surface area is 101 Å². The third-order valence-corrected chi connectivity index (χ3v) is 2.96. The highest BCUT2D eigenvalue weighted by molar-refractivity contribution is 5.75. The van der Waals surface area contributed by atoms with Crippen molar-refractivity contribution in [2.45, 2.75) is 78.1 Å². The van der Waals surface area contributed by atoms with Gasteiger partial charge in [0, 0.05) is 6.42 Å². The van der Waals surface area contributed by atoms with Gasteiger partial charge in [0.25, 0.3) is 0 Å². The predicted octanol–water partition coefficient (Wildman–Crippen LogP) is 5.05. The van der Waals surface area contributed by atoms with Gasteiger partial charge in [0.1, 0.15) is 5.78 Å². The molecule has 0 radical (unpaired) electrons. The first kappa shape index (κ1) is 15.4. The Morgan fingerprint density at radius 1 is 0.875 bits per heavy atom. The topological polar surface area (TPSA) is 17.1 Å². The van der Waals surface area contributed by atoms with Gasteiger partial charge in [-0.05, 0) is 26.2 Å². The second-order valence-electron chi connectivity index (χ2n) is 4.82. The molecular weight excluding hydrogens is 196 g/mol. The van der Waals surface area contributed by atoms with Gasteiger partial charge in [-0.15, -0.1) is 0 Å². The summed E-state index contributed by atoms with van der Waals surface area (Å²) in [6.07, 6.45) is 12.1. The molecular formula is C15H28O. The van der Waals surface area contributed by atoms with E-state index in [1.807, 2.05) is 0 Å². The van der Waals surface area contributed by atoms with E-state index in [0.717, 1.165) is 12.8 Å². The highest BCUT2D eigenvalue weighted by Gasteiger charge is 1.98. The number of hydrogen-bond acceptors (Lipinski definition) is 1. The van der Waals surface area contributed by atoms with Crippen molar-refractivity contribution in [2.75, 3.05) is 0 Å². The molecule has 0 aromatic rings. The lowest BCUT2D eigenvalue weighted by Crippen LogP contribution is -1.91. The van der Waals surface area contributed by atoms with E-state index in [1.54, 1.807) is 6.92 Å². The SMILES string of the molecule is C=C(CCCCCCCCC)CCC(C)=O. The number of rotatable bonds is 11. The molecule has 0 unspecified atom stereocenters. The Balaban J connectivity index is 3.18. The van der Waals surface area contributed by atoms with E-state index in [4.69, 9.17) is 0 Å². The number of Topliss-reactive ketones (excluding diaryl/α,β-unsaturated/α-hetero) is 1. The summed E-state index contributed by atoms with van der Waals surface area (Å²) in [7, 11) is 0. The second kappa shape index (κ2) is 10.9. The van der Waals surface area contributed by atoms with Crippen LogP contribution in [0.15, 0.2) is 12.2 Å². The lowest BCUT2D eigenvalue weighted by atomic mass is 10.0. The lowest BCUT2D eigenvalue weighted by molar-refractivity contribution is -0.116. The Bertz CT molecular complexity index is 194. The summed E-state index contributed by atoms with van der Waals surface area (Å²) in [4.78, 5) is 10.8. The minimum Gasteiger partial charge on any atom is -0.300 e. The molecule has 0 saturated heterocycles. The zero-order chi connectivity index (χ0) is 12.2. The summed E-state index contributed by atoms with van der Waals surface area (Å²) in [5, 5.41) is 0. The molecule has 0 N–H and O–H groups in total. The van der Waals surface area contributed by atoms with E-state index in [0.29, 0.717) is 6.42 Å². The van der Waals surface area contributed by atoms with Crippen LogP contribution in [-0.2, 0) is 4.79 Å². The fourth-order valence-electron chi connectivity index (χ4n) is 1.81. The molecule has 0 aromatic carbocycles. The maximum absolute atomic E-state index is 10.8. The van der Waals surface area contributed by atoms with E-state index < -0.39 is 0 Å². The van der Waals surface area contributed by atoms with Crippen LogP contribution in [0.4, 0.5) is 0 Å². The zero-order valence-electron chi connectivity index (χ0n) is 11.2. The molecule has 0 saturated carbocycles. The molecule has 0 fully saturated rings. The number of ketones is 1. The average molecular weight is 224 g/mol. The maximum Gasteiger partial charge on any atom is 0.130 e. The fourth-order valence-corrected chi connectivity index (χ4v) is 1.81. The molecule has 0 aliphatic heterocycles. The van der Waals surface area contributed by atoms with Gasteiger partial charge in [0.2, 0.25) is 0 Å². The summed E-state index contributed by atoms with van der Waals surface area (Å²) < 4.78 is 0. The molecule has 1 nitrogen and oxygen atoms in total. The van der Waals surface area contributed by atoms with Crippen molar-refractivity contribution in [3.05, 3.63) is 12.2 Å². The summed E-state index contributed by atoms with van der Waals surface area (Å²) in [6, 6.07) is 0. The minimum absolute atomic E-state index is 0.278. The Hall–Kier alpha value is -0.590. The van der Waals surface area contributed by atoms with Crippen LogP contribution in [-0.4, -0.2) is 5.78 Å². The fraction of sp³-hybridized carbons (Fsp3) is 0.800. The number of unbranched alkanes of at least 4 members (excludes halogenated alkanes) is 6. The number of allylic oxidation sites excluding steroid dienone is 1. The van der Waals surface area contributed by atoms with Crippen molar-refractivity contribution >= 4 is 5.78 Å². The molecule has 0 bridgehead atoms. The van der Waals surface area contributed by atoms with Gasteiger partial charge in [0.05, 0.1) is 0 Å². The van der Waals surface area contributed by atoms with Crippen molar-refractivity contribution in [1.82, 2.24) is 0 Å². The highest BCUT2D eigenvalue weighted by Crippen LogP contribution is 2.14. The van der Waals surface area contributed by atoms with Crippen LogP contribution < -0.4 is 0 Å². The smallest absolute Gasteiger partial charge is 0.130 e. The largest absolute Gasteiger partial charge is 0.300 e. The van der Waals surface area contributed by atoms with Gasteiger partial charge in [-0.1, -0.05) is 57.6 Å². The number of hydrogen-bond donors (Lipinski definition) is 0. The standard InChI is InChI=1S/C15H28O/c1-4-5-6-7-8-9-10-11-14(2)12-13-15(3)16/h2,4-13H2,1,3H3. The van der Waals surface area contributed by atoms with Gasteiger partial charge >= 0.3 is 0 Å². The van der Waals surface area contributed by atoms with Gasteiger partial charge in [-0.2, -0.15) is 0 Å². The monoisotopic (exact) mass is 224 g/mol. The van der Waals surface area contributed by atoms with Crippen LogP contribution in [0.2, 0.25) is 0 Å². The van der Waals surface area contributed by atoms with E-state index in [1.165, 1.54) is 50.5 Å². The molecule has 0 rings (SSSR count). The first-order chi connectivity index (χ1) is 7.66. The van der Waals surface area contributed by atoms with Gasteiger partial charge < -0.3 is 4.79 Å². The molecule has 0 amide bonds. The first-order valence-corrected chi connectivity index (χ1v) is 6.83. The molecule has 1 heteroatoms. The Kier molecular flexibility index (Phi) is 10.5. The molecule has 0 aliphatic carbocycles. The summed E-state index contributed by atoms with van der Waals surface area (Å²) in [5.74, 6) is 0.278. The van der Waals surface area contributed by atoms with Gasteiger partial charge in [-0.25, -0.2) is 0 Å². The second-order valence-corrected chi connectivity index (χ2v) is 4.82. The molecule has 0 aliphatic rings. The Morgan fingerprint density at radius 3 is 2.00 bits per heavy atom. The zero-order valence-corrected chi connectivity index (χ0v) is 11.2. The van der Waals surface area contributed by atoms with Crippen LogP contribution in [0.3, 0.4) is 0 Å². The van der Waals surface area contributed by atoms with Crippen molar-refractivity contribution < 1.29 is 4.79 Å². The van der Waals surface area contributed by atoms with Gasteiger partial charge in [0.15, 0.2) is 0 Å². The third-order valence-electron chi connectivity index (χ3n) is 2.96.